The molecule has 0 radical (unpaired) electrons. The molecule has 0 saturated carbocycles. The van der Waals surface area contributed by atoms with Gasteiger partial charge in [0.15, 0.2) is 11.6 Å². The minimum absolute atomic E-state index is 0.0764. The molecule has 1 aromatic heterocycles. The van der Waals surface area contributed by atoms with Crippen LogP contribution in [-0.2, 0) is 0 Å². The van der Waals surface area contributed by atoms with Crippen molar-refractivity contribution in [3.63, 3.8) is 0 Å². The zero-order chi connectivity index (χ0) is 24.7. The fourth-order valence-electron chi connectivity index (χ4n) is 3.59. The maximum Gasteiger partial charge on any atom is 0.230 e. The van der Waals surface area contributed by atoms with Gasteiger partial charge in [0.1, 0.15) is 5.75 Å². The zero-order valence-electron chi connectivity index (χ0n) is 19.2. The number of ether oxygens (including phenoxy) is 1. The molecule has 4 aromatic carbocycles. The van der Waals surface area contributed by atoms with Crippen molar-refractivity contribution in [2.24, 2.45) is 0 Å². The van der Waals surface area contributed by atoms with Gasteiger partial charge in [0.2, 0.25) is 5.88 Å². The molecule has 5 rings (SSSR count). The van der Waals surface area contributed by atoms with Gasteiger partial charge in [-0.3, -0.25) is 4.79 Å². The van der Waals surface area contributed by atoms with Gasteiger partial charge in [-0.2, -0.15) is 4.98 Å². The van der Waals surface area contributed by atoms with Crippen LogP contribution in [0, 0.1) is 0 Å². The third kappa shape index (κ3) is 5.74. The molecule has 1 heterocycles. The minimum Gasteiger partial charge on any atom is -0.438 e. The van der Waals surface area contributed by atoms with Crippen molar-refractivity contribution in [2.45, 2.75) is 0 Å². The van der Waals surface area contributed by atoms with Crippen molar-refractivity contribution in [1.82, 2.24) is 9.97 Å². The average molecular weight is 489 g/mol. The standard InChI is InChI=1S/C31H21ClN2O2/c32-25-16-10-23(11-17-25)13-21-30-33-28-9-5-4-8-27(28)31(34-30)36-26-18-14-24(15-19-26)29(35)20-12-22-6-2-1-3-7-22/h1-21H/b20-12+,21-13+. The number of rotatable bonds is 7. The van der Waals surface area contributed by atoms with Crippen molar-refractivity contribution in [2.75, 3.05) is 0 Å². The summed E-state index contributed by atoms with van der Waals surface area (Å²) in [5.41, 5.74) is 3.31. The highest BCUT2D eigenvalue weighted by Crippen LogP contribution is 2.28. The van der Waals surface area contributed by atoms with E-state index >= 15 is 0 Å². The summed E-state index contributed by atoms with van der Waals surface area (Å²) in [5, 5.41) is 1.48. The molecule has 0 spiro atoms. The van der Waals surface area contributed by atoms with Gasteiger partial charge >= 0.3 is 0 Å². The van der Waals surface area contributed by atoms with E-state index in [2.05, 4.69) is 9.97 Å². The van der Waals surface area contributed by atoms with Gasteiger partial charge in [0.05, 0.1) is 10.9 Å². The van der Waals surface area contributed by atoms with E-state index in [1.807, 2.05) is 91.0 Å². The minimum atomic E-state index is -0.0764. The molecule has 5 aromatic rings. The number of hydrogen-bond acceptors (Lipinski definition) is 4. The number of carbonyl (C=O) groups is 1. The molecule has 0 saturated heterocycles. The summed E-state index contributed by atoms with van der Waals surface area (Å²) in [5.74, 6) is 1.47. The zero-order valence-corrected chi connectivity index (χ0v) is 20.0. The number of para-hydroxylation sites is 1. The summed E-state index contributed by atoms with van der Waals surface area (Å²) in [7, 11) is 0. The molecule has 0 amide bonds. The molecule has 0 aliphatic rings. The van der Waals surface area contributed by atoms with Gasteiger partial charge in [-0.05, 0) is 71.8 Å². The van der Waals surface area contributed by atoms with Gasteiger partial charge in [-0.1, -0.05) is 78.4 Å². The molecule has 0 fully saturated rings. The van der Waals surface area contributed by atoms with E-state index in [1.165, 1.54) is 0 Å². The predicted octanol–water partition coefficient (Wildman–Crippen LogP) is 8.14. The summed E-state index contributed by atoms with van der Waals surface area (Å²) in [4.78, 5) is 21.8. The Morgan fingerprint density at radius 2 is 1.39 bits per heavy atom. The third-order valence-corrected chi connectivity index (χ3v) is 5.71. The Labute approximate surface area is 214 Å². The normalized spacial score (nSPS) is 11.4. The molecule has 0 aliphatic carbocycles. The molecule has 0 bridgehead atoms. The highest BCUT2D eigenvalue weighted by molar-refractivity contribution is 6.30. The summed E-state index contributed by atoms with van der Waals surface area (Å²) < 4.78 is 6.13. The first kappa shape index (κ1) is 23.2. The van der Waals surface area contributed by atoms with E-state index in [0.717, 1.165) is 22.0 Å². The Kier molecular flexibility index (Phi) is 6.97. The molecule has 0 N–H and O–H groups in total. The van der Waals surface area contributed by atoms with E-state index in [1.54, 1.807) is 36.4 Å². The second kappa shape index (κ2) is 10.8. The number of fused-ring (bicyclic) bond motifs is 1. The van der Waals surface area contributed by atoms with E-state index in [0.29, 0.717) is 28.0 Å². The lowest BCUT2D eigenvalue weighted by Gasteiger charge is -2.09. The Hall–Kier alpha value is -4.54. The quantitative estimate of drug-likeness (QED) is 0.171. The molecular weight excluding hydrogens is 468 g/mol. The first-order valence-electron chi connectivity index (χ1n) is 11.4. The van der Waals surface area contributed by atoms with Crippen molar-refractivity contribution < 1.29 is 9.53 Å². The number of halogens is 1. The highest BCUT2D eigenvalue weighted by Gasteiger charge is 2.10. The van der Waals surface area contributed by atoms with Crippen molar-refractivity contribution >= 4 is 46.5 Å². The fraction of sp³-hybridized carbons (Fsp3) is 0. The number of allylic oxidation sites excluding steroid dienone is 1. The number of hydrogen-bond donors (Lipinski definition) is 0. The molecule has 0 aliphatic heterocycles. The van der Waals surface area contributed by atoms with Crippen molar-refractivity contribution in [3.8, 4) is 11.6 Å². The number of ketones is 1. The summed E-state index contributed by atoms with van der Waals surface area (Å²) in [6, 6.07) is 32.0. The number of nitrogens with zero attached hydrogens (tertiary/aromatic N) is 2. The first-order chi connectivity index (χ1) is 17.6. The molecule has 174 valence electrons. The SMILES string of the molecule is O=C(/C=C/c1ccccc1)c1ccc(Oc2nc(/C=C/c3ccc(Cl)cc3)nc3ccccc23)cc1. The van der Waals surface area contributed by atoms with Crippen LogP contribution in [0.1, 0.15) is 27.3 Å². The van der Waals surface area contributed by atoms with Crippen LogP contribution in [-0.4, -0.2) is 15.8 Å². The van der Waals surface area contributed by atoms with E-state index in [4.69, 9.17) is 16.3 Å². The smallest absolute Gasteiger partial charge is 0.230 e. The lowest BCUT2D eigenvalue weighted by Crippen LogP contribution is -1.97. The summed E-state index contributed by atoms with van der Waals surface area (Å²) >= 11 is 5.97. The van der Waals surface area contributed by atoms with Crippen LogP contribution >= 0.6 is 11.6 Å². The molecule has 36 heavy (non-hydrogen) atoms. The highest BCUT2D eigenvalue weighted by atomic mass is 35.5. The largest absolute Gasteiger partial charge is 0.438 e. The van der Waals surface area contributed by atoms with Crippen molar-refractivity contribution in [3.05, 3.63) is 137 Å². The van der Waals surface area contributed by atoms with Crippen molar-refractivity contribution in [1.29, 1.82) is 0 Å². The average Bonchev–Trinajstić information content (AvgIpc) is 2.92. The Bertz CT molecular complexity index is 1560. The van der Waals surface area contributed by atoms with E-state index < -0.39 is 0 Å². The van der Waals surface area contributed by atoms with Crippen LogP contribution in [0.4, 0.5) is 0 Å². The lowest BCUT2D eigenvalue weighted by molar-refractivity contribution is 0.104. The van der Waals surface area contributed by atoms with Gasteiger partial charge in [-0.15, -0.1) is 0 Å². The monoisotopic (exact) mass is 488 g/mol. The Balaban J connectivity index is 1.37. The van der Waals surface area contributed by atoms with E-state index in [-0.39, 0.29) is 5.78 Å². The number of benzene rings is 4. The number of aromatic nitrogens is 2. The van der Waals surface area contributed by atoms with Gasteiger partial charge in [-0.25, -0.2) is 4.98 Å². The Morgan fingerprint density at radius 3 is 2.17 bits per heavy atom. The maximum atomic E-state index is 12.6. The lowest BCUT2D eigenvalue weighted by atomic mass is 10.1. The van der Waals surface area contributed by atoms with Gasteiger partial charge in [0.25, 0.3) is 0 Å². The number of carbonyl (C=O) groups excluding carboxylic acids is 1. The van der Waals surface area contributed by atoms with Gasteiger partial charge in [0, 0.05) is 10.6 Å². The summed E-state index contributed by atoms with van der Waals surface area (Å²) in [6.45, 7) is 0. The van der Waals surface area contributed by atoms with Crippen LogP contribution in [0.2, 0.25) is 5.02 Å². The molecule has 0 atom stereocenters. The third-order valence-electron chi connectivity index (χ3n) is 5.46. The Morgan fingerprint density at radius 1 is 0.694 bits per heavy atom. The van der Waals surface area contributed by atoms with Crippen LogP contribution < -0.4 is 4.74 Å². The second-order valence-electron chi connectivity index (χ2n) is 8.02. The van der Waals surface area contributed by atoms with E-state index in [9.17, 15) is 4.79 Å². The topological polar surface area (TPSA) is 52.1 Å². The first-order valence-corrected chi connectivity index (χ1v) is 11.8. The van der Waals surface area contributed by atoms with Crippen LogP contribution in [0.15, 0.2) is 109 Å². The summed E-state index contributed by atoms with van der Waals surface area (Å²) in [6.07, 6.45) is 7.14. The van der Waals surface area contributed by atoms with Crippen LogP contribution in [0.25, 0.3) is 29.1 Å². The molecule has 5 heteroatoms. The molecule has 0 unspecified atom stereocenters. The predicted molar refractivity (Wildman–Crippen MR) is 146 cm³/mol. The van der Waals surface area contributed by atoms with Gasteiger partial charge < -0.3 is 4.74 Å². The fourth-order valence-corrected chi connectivity index (χ4v) is 3.72. The van der Waals surface area contributed by atoms with Crippen LogP contribution in [0.3, 0.4) is 0 Å². The maximum absolute atomic E-state index is 12.6. The second-order valence-corrected chi connectivity index (χ2v) is 8.46. The molecular formula is C31H21ClN2O2. The van der Waals surface area contributed by atoms with Crippen LogP contribution in [0.5, 0.6) is 11.6 Å². The molecule has 4 nitrogen and oxygen atoms in total.